The van der Waals surface area contributed by atoms with Crippen LogP contribution in [0.4, 0.5) is 0 Å². The van der Waals surface area contributed by atoms with E-state index in [2.05, 4.69) is 0 Å². The predicted molar refractivity (Wildman–Crippen MR) is 70.0 cm³/mol. The van der Waals surface area contributed by atoms with Crippen LogP contribution in [0.1, 0.15) is 24.0 Å². The van der Waals surface area contributed by atoms with Gasteiger partial charge in [-0.1, -0.05) is 31.2 Å². The molecule has 3 N–H and O–H groups in total. The second kappa shape index (κ2) is 5.00. The molecule has 2 aromatic carbocycles. The molecule has 94 valence electrons. The van der Waals surface area contributed by atoms with Crippen molar-refractivity contribution in [1.29, 1.82) is 0 Å². The minimum atomic E-state index is -0.117. The highest BCUT2D eigenvalue weighted by molar-refractivity contribution is 5.42. The molecular formula is C15H16O3. The first-order chi connectivity index (χ1) is 8.58. The Bertz CT molecular complexity index is 549. The Hall–Kier alpha value is -2.16. The zero-order valence-electron chi connectivity index (χ0n) is 10.2. The number of benzene rings is 2. The van der Waals surface area contributed by atoms with E-state index < -0.39 is 0 Å². The van der Waals surface area contributed by atoms with Crippen LogP contribution in [0, 0.1) is 0 Å². The fourth-order valence-corrected chi connectivity index (χ4v) is 1.98. The third kappa shape index (κ3) is 2.56. The van der Waals surface area contributed by atoms with Crippen LogP contribution in [0.5, 0.6) is 17.2 Å². The lowest BCUT2D eigenvalue weighted by atomic mass is 9.93. The van der Waals surface area contributed by atoms with E-state index in [4.69, 9.17) is 0 Å². The van der Waals surface area contributed by atoms with Gasteiger partial charge in [-0.05, 0) is 41.7 Å². The monoisotopic (exact) mass is 244 g/mol. The van der Waals surface area contributed by atoms with Crippen LogP contribution < -0.4 is 0 Å². The van der Waals surface area contributed by atoms with Crippen LogP contribution in [0.3, 0.4) is 0 Å². The normalized spacial score (nSPS) is 12.3. The average Bonchev–Trinajstić information content (AvgIpc) is 2.35. The number of hydrogen-bond acceptors (Lipinski definition) is 3. The second-order valence-corrected chi connectivity index (χ2v) is 4.48. The van der Waals surface area contributed by atoms with E-state index in [1.807, 2.05) is 19.1 Å². The topological polar surface area (TPSA) is 60.7 Å². The first kappa shape index (κ1) is 12.3. The number of rotatable bonds is 3. The second-order valence-electron chi connectivity index (χ2n) is 4.48. The fourth-order valence-electron chi connectivity index (χ4n) is 1.98. The first-order valence-corrected chi connectivity index (χ1v) is 5.86. The Morgan fingerprint density at radius 1 is 0.889 bits per heavy atom. The molecular weight excluding hydrogens is 228 g/mol. The van der Waals surface area contributed by atoms with Gasteiger partial charge in [0, 0.05) is 0 Å². The highest BCUT2D eigenvalue weighted by atomic mass is 16.3. The Morgan fingerprint density at radius 2 is 1.61 bits per heavy atom. The van der Waals surface area contributed by atoms with Crippen molar-refractivity contribution in [3.8, 4) is 17.2 Å². The van der Waals surface area contributed by atoms with Crippen LogP contribution >= 0.6 is 0 Å². The summed E-state index contributed by atoms with van der Waals surface area (Å²) >= 11 is 0. The highest BCUT2D eigenvalue weighted by Crippen LogP contribution is 2.31. The molecule has 0 heterocycles. The number of phenols is 3. The molecule has 0 saturated heterocycles. The third-order valence-corrected chi connectivity index (χ3v) is 3.09. The molecule has 0 aliphatic heterocycles. The molecule has 0 saturated carbocycles. The van der Waals surface area contributed by atoms with Crippen molar-refractivity contribution in [2.45, 2.75) is 19.3 Å². The summed E-state index contributed by atoms with van der Waals surface area (Å²) in [4.78, 5) is 0. The maximum Gasteiger partial charge on any atom is 0.157 e. The summed E-state index contributed by atoms with van der Waals surface area (Å²) in [7, 11) is 0. The van der Waals surface area contributed by atoms with Gasteiger partial charge in [-0.15, -0.1) is 0 Å². The molecule has 1 atom stereocenters. The maximum absolute atomic E-state index is 9.72. The Balaban J connectivity index is 2.19. The van der Waals surface area contributed by atoms with E-state index in [9.17, 15) is 15.3 Å². The largest absolute Gasteiger partial charge is 0.508 e. The first-order valence-electron chi connectivity index (χ1n) is 5.86. The molecule has 0 fully saturated rings. The third-order valence-electron chi connectivity index (χ3n) is 3.09. The lowest BCUT2D eigenvalue weighted by Crippen LogP contribution is -1.98. The molecule has 0 aliphatic carbocycles. The molecule has 2 rings (SSSR count). The number of hydrogen-bond donors (Lipinski definition) is 3. The zero-order chi connectivity index (χ0) is 13.1. The summed E-state index contributed by atoms with van der Waals surface area (Å²) in [6.45, 7) is 2.01. The summed E-state index contributed by atoms with van der Waals surface area (Å²) < 4.78 is 0. The van der Waals surface area contributed by atoms with Gasteiger partial charge in [0.25, 0.3) is 0 Å². The van der Waals surface area contributed by atoms with Gasteiger partial charge in [-0.3, -0.25) is 0 Å². The van der Waals surface area contributed by atoms with Crippen molar-refractivity contribution < 1.29 is 15.3 Å². The van der Waals surface area contributed by atoms with Crippen molar-refractivity contribution in [1.82, 2.24) is 0 Å². The smallest absolute Gasteiger partial charge is 0.157 e. The van der Waals surface area contributed by atoms with Gasteiger partial charge in [-0.25, -0.2) is 0 Å². The summed E-state index contributed by atoms with van der Waals surface area (Å²) in [5.74, 6) is 0.197. The summed E-state index contributed by atoms with van der Waals surface area (Å²) in [6.07, 6.45) is 0.677. The minimum Gasteiger partial charge on any atom is -0.508 e. The molecule has 3 nitrogen and oxygen atoms in total. The predicted octanol–water partition coefficient (Wildman–Crippen LogP) is 3.15. The molecule has 18 heavy (non-hydrogen) atoms. The van der Waals surface area contributed by atoms with E-state index in [1.54, 1.807) is 24.3 Å². The van der Waals surface area contributed by atoms with Crippen molar-refractivity contribution >= 4 is 0 Å². The minimum absolute atomic E-state index is 0.114. The van der Waals surface area contributed by atoms with E-state index in [1.165, 1.54) is 6.07 Å². The van der Waals surface area contributed by atoms with Gasteiger partial charge < -0.3 is 15.3 Å². The quantitative estimate of drug-likeness (QED) is 0.727. The highest BCUT2D eigenvalue weighted by Gasteiger charge is 2.11. The Kier molecular flexibility index (Phi) is 3.42. The standard InChI is InChI=1S/C15H16O3/c1-10(8-12-4-2-3-5-13(12)16)11-6-7-14(17)15(18)9-11/h2-7,9-10,16-18H,8H2,1H3. The molecule has 0 aliphatic rings. The molecule has 0 radical (unpaired) electrons. The lowest BCUT2D eigenvalue weighted by molar-refractivity contribution is 0.402. The number of para-hydroxylation sites is 1. The van der Waals surface area contributed by atoms with Crippen molar-refractivity contribution in [3.05, 3.63) is 53.6 Å². The van der Waals surface area contributed by atoms with Crippen molar-refractivity contribution in [2.24, 2.45) is 0 Å². The fraction of sp³-hybridized carbons (Fsp3) is 0.200. The Labute approximate surface area is 106 Å². The lowest BCUT2D eigenvalue weighted by Gasteiger charge is -2.13. The van der Waals surface area contributed by atoms with E-state index in [0.29, 0.717) is 6.42 Å². The van der Waals surface area contributed by atoms with Gasteiger partial charge in [0.1, 0.15) is 5.75 Å². The molecule has 2 aromatic rings. The van der Waals surface area contributed by atoms with Gasteiger partial charge >= 0.3 is 0 Å². The van der Waals surface area contributed by atoms with E-state index >= 15 is 0 Å². The molecule has 0 aromatic heterocycles. The van der Waals surface area contributed by atoms with E-state index in [-0.39, 0.29) is 23.2 Å². The summed E-state index contributed by atoms with van der Waals surface area (Å²) in [5.41, 5.74) is 1.80. The summed E-state index contributed by atoms with van der Waals surface area (Å²) in [6, 6.07) is 12.0. The molecule has 0 spiro atoms. The Morgan fingerprint density at radius 3 is 2.28 bits per heavy atom. The summed E-state index contributed by atoms with van der Waals surface area (Å²) in [5, 5.41) is 28.5. The van der Waals surface area contributed by atoms with Crippen LogP contribution in [0.25, 0.3) is 0 Å². The average molecular weight is 244 g/mol. The molecule has 3 heteroatoms. The molecule has 0 amide bonds. The number of aromatic hydroxyl groups is 3. The van der Waals surface area contributed by atoms with E-state index in [0.717, 1.165) is 11.1 Å². The number of phenolic OH excluding ortho intramolecular Hbond substituents is 3. The SMILES string of the molecule is CC(Cc1ccccc1O)c1ccc(O)c(O)c1. The molecule has 0 bridgehead atoms. The van der Waals surface area contributed by atoms with Gasteiger partial charge in [0.2, 0.25) is 0 Å². The van der Waals surface area contributed by atoms with Crippen LogP contribution in [0.2, 0.25) is 0 Å². The van der Waals surface area contributed by atoms with Crippen LogP contribution in [0.15, 0.2) is 42.5 Å². The van der Waals surface area contributed by atoms with Gasteiger partial charge in [0.15, 0.2) is 11.5 Å². The van der Waals surface area contributed by atoms with Gasteiger partial charge in [0.05, 0.1) is 0 Å². The van der Waals surface area contributed by atoms with Crippen LogP contribution in [-0.2, 0) is 6.42 Å². The van der Waals surface area contributed by atoms with Crippen LogP contribution in [-0.4, -0.2) is 15.3 Å². The van der Waals surface area contributed by atoms with Gasteiger partial charge in [-0.2, -0.15) is 0 Å². The maximum atomic E-state index is 9.72. The van der Waals surface area contributed by atoms with Crippen molar-refractivity contribution in [3.63, 3.8) is 0 Å². The molecule has 1 unspecified atom stereocenters. The van der Waals surface area contributed by atoms with Crippen molar-refractivity contribution in [2.75, 3.05) is 0 Å². The zero-order valence-corrected chi connectivity index (χ0v) is 10.2.